The minimum atomic E-state index is -0.571. The van der Waals surface area contributed by atoms with Crippen molar-refractivity contribution in [3.05, 3.63) is 35.9 Å². The number of ether oxygens (including phenoxy) is 1. The van der Waals surface area contributed by atoms with Crippen molar-refractivity contribution in [2.45, 2.75) is 58.1 Å². The predicted molar refractivity (Wildman–Crippen MR) is 77.8 cm³/mol. The zero-order valence-corrected chi connectivity index (χ0v) is 12.0. The predicted octanol–water partition coefficient (Wildman–Crippen LogP) is 3.07. The number of nitrogens with two attached hydrogens (primary N) is 1. The monoisotopic (exact) mass is 263 g/mol. The summed E-state index contributed by atoms with van der Waals surface area (Å²) in [5.74, 6) is -0.282. The van der Waals surface area contributed by atoms with Crippen LogP contribution in [0.2, 0.25) is 0 Å². The Morgan fingerprint density at radius 1 is 1.16 bits per heavy atom. The molecule has 0 radical (unpaired) electrons. The molecule has 0 aliphatic heterocycles. The van der Waals surface area contributed by atoms with Crippen LogP contribution in [-0.4, -0.2) is 18.1 Å². The molecule has 0 bridgehead atoms. The van der Waals surface area contributed by atoms with Crippen LogP contribution in [0.4, 0.5) is 0 Å². The molecular weight excluding hydrogens is 238 g/mol. The normalized spacial score (nSPS) is 12.4. The molecule has 0 aliphatic carbocycles. The third-order valence-electron chi connectivity index (χ3n) is 3.11. The van der Waals surface area contributed by atoms with Gasteiger partial charge in [-0.1, -0.05) is 57.0 Å². The Kier molecular flexibility index (Phi) is 7.19. The van der Waals surface area contributed by atoms with Gasteiger partial charge in [0.15, 0.2) is 0 Å². The van der Waals surface area contributed by atoms with Gasteiger partial charge in [0.2, 0.25) is 0 Å². The number of esters is 1. The topological polar surface area (TPSA) is 52.3 Å². The Balaban J connectivity index is 2.47. The quantitative estimate of drug-likeness (QED) is 0.733. The van der Waals surface area contributed by atoms with Gasteiger partial charge < -0.3 is 10.5 Å². The fraction of sp³-hybridized carbons (Fsp3) is 0.562. The van der Waals surface area contributed by atoms with Crippen molar-refractivity contribution in [1.82, 2.24) is 0 Å². The molecule has 1 aromatic rings. The van der Waals surface area contributed by atoms with Crippen molar-refractivity contribution < 1.29 is 9.53 Å². The van der Waals surface area contributed by atoms with E-state index >= 15 is 0 Å². The van der Waals surface area contributed by atoms with E-state index in [4.69, 9.17) is 10.5 Å². The van der Waals surface area contributed by atoms with E-state index in [0.29, 0.717) is 6.42 Å². The number of hydrogen-bond acceptors (Lipinski definition) is 3. The molecule has 2 N–H and O–H groups in total. The van der Waals surface area contributed by atoms with Gasteiger partial charge in [0, 0.05) is 0 Å². The smallest absolute Gasteiger partial charge is 0.323 e. The summed E-state index contributed by atoms with van der Waals surface area (Å²) in [5, 5.41) is 0. The summed E-state index contributed by atoms with van der Waals surface area (Å²) in [4.78, 5) is 12.0. The van der Waals surface area contributed by atoms with Crippen LogP contribution in [0.1, 0.15) is 45.1 Å². The Labute approximate surface area is 116 Å². The molecule has 106 valence electrons. The first-order valence-electron chi connectivity index (χ1n) is 7.17. The summed E-state index contributed by atoms with van der Waals surface area (Å²) in [6.45, 7) is 4.20. The Bertz CT molecular complexity index is 358. The van der Waals surface area contributed by atoms with E-state index in [0.717, 1.165) is 31.2 Å². The van der Waals surface area contributed by atoms with Gasteiger partial charge in [0.05, 0.1) is 0 Å². The molecule has 3 nitrogen and oxygen atoms in total. The molecule has 0 fully saturated rings. The number of hydrogen-bond donors (Lipinski definition) is 1. The molecule has 0 heterocycles. The third kappa shape index (κ3) is 5.88. The fourth-order valence-electron chi connectivity index (χ4n) is 2.11. The minimum Gasteiger partial charge on any atom is -0.461 e. The summed E-state index contributed by atoms with van der Waals surface area (Å²) < 4.78 is 5.50. The molecule has 19 heavy (non-hydrogen) atoms. The Morgan fingerprint density at radius 3 is 2.26 bits per heavy atom. The van der Waals surface area contributed by atoms with E-state index in [1.165, 1.54) is 0 Å². The van der Waals surface area contributed by atoms with Gasteiger partial charge in [0.25, 0.3) is 0 Å². The van der Waals surface area contributed by atoms with Crippen molar-refractivity contribution in [2.24, 2.45) is 5.73 Å². The maximum absolute atomic E-state index is 12.0. The summed E-state index contributed by atoms with van der Waals surface area (Å²) in [6, 6.07) is 9.23. The van der Waals surface area contributed by atoms with Crippen molar-refractivity contribution in [1.29, 1.82) is 0 Å². The highest BCUT2D eigenvalue weighted by atomic mass is 16.5. The van der Waals surface area contributed by atoms with Crippen LogP contribution in [0.15, 0.2) is 30.3 Å². The van der Waals surface area contributed by atoms with E-state index in [1.807, 2.05) is 30.3 Å². The van der Waals surface area contributed by atoms with Gasteiger partial charge in [-0.25, -0.2) is 0 Å². The van der Waals surface area contributed by atoms with Crippen LogP contribution in [0.5, 0.6) is 0 Å². The molecule has 3 heteroatoms. The van der Waals surface area contributed by atoms with Crippen molar-refractivity contribution in [3.8, 4) is 0 Å². The van der Waals surface area contributed by atoms with E-state index in [2.05, 4.69) is 13.8 Å². The molecule has 0 aliphatic rings. The number of carbonyl (C=O) groups is 1. The minimum absolute atomic E-state index is 0.0179. The average Bonchev–Trinajstić information content (AvgIpc) is 2.40. The zero-order chi connectivity index (χ0) is 14.1. The Morgan fingerprint density at radius 2 is 1.74 bits per heavy atom. The highest BCUT2D eigenvalue weighted by Gasteiger charge is 2.19. The molecule has 1 rings (SSSR count). The molecule has 0 aromatic heterocycles. The van der Waals surface area contributed by atoms with Gasteiger partial charge in [-0.3, -0.25) is 4.79 Å². The molecule has 0 amide bonds. The van der Waals surface area contributed by atoms with Crippen LogP contribution >= 0.6 is 0 Å². The van der Waals surface area contributed by atoms with E-state index < -0.39 is 6.04 Å². The lowest BCUT2D eigenvalue weighted by Gasteiger charge is -2.19. The SMILES string of the molecule is CCCC(CCC)OC(=O)C(N)Cc1ccccc1. The summed E-state index contributed by atoms with van der Waals surface area (Å²) in [7, 11) is 0. The largest absolute Gasteiger partial charge is 0.461 e. The van der Waals surface area contributed by atoms with Crippen molar-refractivity contribution in [3.63, 3.8) is 0 Å². The second kappa shape index (κ2) is 8.70. The van der Waals surface area contributed by atoms with E-state index in [9.17, 15) is 4.79 Å². The van der Waals surface area contributed by atoms with Crippen LogP contribution in [0.3, 0.4) is 0 Å². The lowest BCUT2D eigenvalue weighted by atomic mass is 10.1. The van der Waals surface area contributed by atoms with Crippen LogP contribution in [0.25, 0.3) is 0 Å². The summed E-state index contributed by atoms with van der Waals surface area (Å²) in [6.07, 6.45) is 4.42. The lowest BCUT2D eigenvalue weighted by molar-refractivity contribution is -0.151. The first kappa shape index (κ1) is 15.7. The van der Waals surface area contributed by atoms with Gasteiger partial charge >= 0.3 is 5.97 Å². The van der Waals surface area contributed by atoms with E-state index in [1.54, 1.807) is 0 Å². The maximum Gasteiger partial charge on any atom is 0.323 e. The molecule has 1 aromatic carbocycles. The fourth-order valence-corrected chi connectivity index (χ4v) is 2.11. The maximum atomic E-state index is 12.0. The first-order chi connectivity index (χ1) is 9.17. The second-order valence-corrected chi connectivity index (χ2v) is 4.93. The van der Waals surface area contributed by atoms with Crippen LogP contribution in [0, 0.1) is 0 Å². The van der Waals surface area contributed by atoms with Gasteiger partial charge in [-0.15, -0.1) is 0 Å². The molecular formula is C16H25NO2. The summed E-state index contributed by atoms with van der Waals surface area (Å²) in [5.41, 5.74) is 6.98. The Hall–Kier alpha value is -1.35. The molecule has 0 saturated heterocycles. The van der Waals surface area contributed by atoms with E-state index in [-0.39, 0.29) is 12.1 Å². The summed E-state index contributed by atoms with van der Waals surface area (Å²) >= 11 is 0. The van der Waals surface area contributed by atoms with Gasteiger partial charge in [-0.2, -0.15) is 0 Å². The second-order valence-electron chi connectivity index (χ2n) is 4.93. The number of rotatable bonds is 8. The number of carbonyl (C=O) groups excluding carboxylic acids is 1. The van der Waals surface area contributed by atoms with Crippen molar-refractivity contribution >= 4 is 5.97 Å². The molecule has 0 saturated carbocycles. The van der Waals surface area contributed by atoms with Gasteiger partial charge in [-0.05, 0) is 24.8 Å². The molecule has 1 unspecified atom stereocenters. The van der Waals surface area contributed by atoms with Crippen LogP contribution < -0.4 is 5.73 Å². The standard InChI is InChI=1S/C16H25NO2/c1-3-8-14(9-4-2)19-16(18)15(17)12-13-10-6-5-7-11-13/h5-7,10-11,14-15H,3-4,8-9,12,17H2,1-2H3. The third-order valence-corrected chi connectivity index (χ3v) is 3.11. The highest BCUT2D eigenvalue weighted by molar-refractivity contribution is 5.76. The lowest BCUT2D eigenvalue weighted by Crippen LogP contribution is -2.36. The average molecular weight is 263 g/mol. The van der Waals surface area contributed by atoms with Gasteiger partial charge in [0.1, 0.15) is 12.1 Å². The molecule has 0 spiro atoms. The zero-order valence-electron chi connectivity index (χ0n) is 12.0. The highest BCUT2D eigenvalue weighted by Crippen LogP contribution is 2.11. The van der Waals surface area contributed by atoms with Crippen molar-refractivity contribution in [2.75, 3.05) is 0 Å². The molecule has 1 atom stereocenters. The number of benzene rings is 1. The van der Waals surface area contributed by atoms with Crippen LogP contribution in [-0.2, 0) is 16.0 Å². The first-order valence-corrected chi connectivity index (χ1v) is 7.17.